The number of carboxylic acids is 1. The molecule has 4 rings (SSSR count). The fraction of sp³-hybridized carbons (Fsp3) is 0.269. The molecule has 1 heterocycles. The number of rotatable bonds is 6. The molecule has 39 heavy (non-hydrogen) atoms. The zero-order chi connectivity index (χ0) is 28.9. The molecule has 0 spiro atoms. The molecule has 0 amide bonds. The second-order valence-corrected chi connectivity index (χ2v) is 11.5. The maximum absolute atomic E-state index is 14.5. The first kappa shape index (κ1) is 28.3. The van der Waals surface area contributed by atoms with Gasteiger partial charge in [0.1, 0.15) is 17.7 Å². The van der Waals surface area contributed by atoms with Gasteiger partial charge in [0.15, 0.2) is 11.6 Å². The van der Waals surface area contributed by atoms with Crippen LogP contribution in [-0.2, 0) is 21.0 Å². The SMILES string of the molecule is CC(C)(C[C@H]1CN(S(=O)(=O)c2cccc(C(F)(F)F)c2)c2cc(-c3cc(F)cc(F)c3F)ccc2O1)C(=O)O. The lowest BCUT2D eigenvalue weighted by Crippen LogP contribution is -2.46. The van der Waals surface area contributed by atoms with Crippen LogP contribution >= 0.6 is 0 Å². The minimum atomic E-state index is -4.84. The highest BCUT2D eigenvalue weighted by molar-refractivity contribution is 7.92. The van der Waals surface area contributed by atoms with Gasteiger partial charge in [-0.25, -0.2) is 21.6 Å². The molecular formula is C26H21F6NO5S. The highest BCUT2D eigenvalue weighted by Gasteiger charge is 2.40. The average molecular weight is 574 g/mol. The Morgan fingerprint density at radius 1 is 1.05 bits per heavy atom. The number of aliphatic carboxylic acids is 1. The number of hydrogen-bond acceptors (Lipinski definition) is 4. The van der Waals surface area contributed by atoms with Gasteiger partial charge in [-0.05, 0) is 55.8 Å². The number of alkyl halides is 3. The summed E-state index contributed by atoms with van der Waals surface area (Å²) in [6.07, 6.45) is -6.06. The molecule has 0 aromatic heterocycles. The summed E-state index contributed by atoms with van der Waals surface area (Å²) in [6.45, 7) is 2.28. The third-order valence-corrected chi connectivity index (χ3v) is 8.04. The van der Waals surface area contributed by atoms with Crippen LogP contribution in [0.15, 0.2) is 59.5 Å². The summed E-state index contributed by atoms with van der Waals surface area (Å²) in [6, 6.07) is 7.57. The monoisotopic (exact) mass is 573 g/mol. The van der Waals surface area contributed by atoms with Crippen molar-refractivity contribution in [1.82, 2.24) is 0 Å². The van der Waals surface area contributed by atoms with Gasteiger partial charge in [-0.15, -0.1) is 0 Å². The first-order chi connectivity index (χ1) is 18.0. The van der Waals surface area contributed by atoms with Crippen molar-refractivity contribution in [3.63, 3.8) is 0 Å². The van der Waals surface area contributed by atoms with E-state index in [1.165, 1.54) is 26.0 Å². The summed E-state index contributed by atoms with van der Waals surface area (Å²) in [4.78, 5) is 11.0. The Hall–Kier alpha value is -3.74. The van der Waals surface area contributed by atoms with E-state index in [4.69, 9.17) is 4.74 Å². The molecule has 1 atom stereocenters. The number of nitrogens with zero attached hydrogens (tertiary/aromatic N) is 1. The zero-order valence-corrected chi connectivity index (χ0v) is 21.2. The summed E-state index contributed by atoms with van der Waals surface area (Å²) in [5.41, 5.74) is -3.48. The molecule has 0 bridgehead atoms. The summed E-state index contributed by atoms with van der Waals surface area (Å²) in [5.74, 6) is -5.28. The van der Waals surface area contributed by atoms with Gasteiger partial charge in [-0.3, -0.25) is 9.10 Å². The van der Waals surface area contributed by atoms with E-state index in [0.717, 1.165) is 22.5 Å². The molecule has 1 N–H and O–H groups in total. The van der Waals surface area contributed by atoms with Gasteiger partial charge in [0.05, 0.1) is 28.1 Å². The normalized spacial score (nSPS) is 16.0. The molecule has 3 aromatic rings. The van der Waals surface area contributed by atoms with Gasteiger partial charge < -0.3 is 9.84 Å². The van der Waals surface area contributed by atoms with Crippen molar-refractivity contribution < 1.29 is 49.4 Å². The van der Waals surface area contributed by atoms with Crippen LogP contribution in [0.25, 0.3) is 11.1 Å². The van der Waals surface area contributed by atoms with Crippen molar-refractivity contribution in [2.24, 2.45) is 5.41 Å². The maximum Gasteiger partial charge on any atom is 0.416 e. The van der Waals surface area contributed by atoms with E-state index in [1.54, 1.807) is 0 Å². The van der Waals surface area contributed by atoms with Gasteiger partial charge in [0.2, 0.25) is 0 Å². The van der Waals surface area contributed by atoms with Crippen LogP contribution in [0.5, 0.6) is 5.75 Å². The van der Waals surface area contributed by atoms with Crippen LogP contribution in [0.3, 0.4) is 0 Å². The summed E-state index contributed by atoms with van der Waals surface area (Å²) in [5, 5.41) is 9.52. The Kier molecular flexibility index (Phi) is 7.09. The number of hydrogen-bond donors (Lipinski definition) is 1. The van der Waals surface area contributed by atoms with Gasteiger partial charge in [0.25, 0.3) is 10.0 Å². The van der Waals surface area contributed by atoms with Gasteiger partial charge >= 0.3 is 12.1 Å². The third-order valence-electron chi connectivity index (χ3n) is 6.26. The van der Waals surface area contributed by atoms with Crippen LogP contribution in [-0.4, -0.2) is 32.1 Å². The predicted molar refractivity (Wildman–Crippen MR) is 128 cm³/mol. The van der Waals surface area contributed by atoms with E-state index in [2.05, 4.69) is 0 Å². The van der Waals surface area contributed by atoms with Crippen molar-refractivity contribution in [3.8, 4) is 16.9 Å². The predicted octanol–water partition coefficient (Wildman–Crippen LogP) is 6.25. The molecule has 6 nitrogen and oxygen atoms in total. The number of halogens is 6. The van der Waals surface area contributed by atoms with E-state index in [9.17, 15) is 44.7 Å². The van der Waals surface area contributed by atoms with E-state index < -0.39 is 73.7 Å². The van der Waals surface area contributed by atoms with Crippen molar-refractivity contribution in [1.29, 1.82) is 0 Å². The highest BCUT2D eigenvalue weighted by Crippen LogP contribution is 2.43. The minimum Gasteiger partial charge on any atom is -0.486 e. The third kappa shape index (κ3) is 5.54. The van der Waals surface area contributed by atoms with Gasteiger partial charge in [-0.2, -0.15) is 13.2 Å². The Morgan fingerprint density at radius 2 is 1.74 bits per heavy atom. The topological polar surface area (TPSA) is 83.9 Å². The lowest BCUT2D eigenvalue weighted by atomic mass is 9.86. The number of benzene rings is 3. The molecule has 0 saturated heterocycles. The Bertz CT molecular complexity index is 1550. The standard InChI is InChI=1S/C26H21F6NO5S/c1-25(2,24(34)35)12-17-13-33(39(36,37)18-5-3-4-15(9-18)26(30,31)32)21-8-14(6-7-22(21)38-17)19-10-16(27)11-20(28)23(19)29/h3-11,17H,12-13H2,1-2H3,(H,34,35)/t17-/m0/s1. The molecule has 0 radical (unpaired) electrons. The smallest absolute Gasteiger partial charge is 0.416 e. The highest BCUT2D eigenvalue weighted by atomic mass is 32.2. The number of sulfonamides is 1. The minimum absolute atomic E-state index is 0.107. The lowest BCUT2D eigenvalue weighted by Gasteiger charge is -2.38. The summed E-state index contributed by atoms with van der Waals surface area (Å²) >= 11 is 0. The molecule has 0 aliphatic carbocycles. The Labute approximate surface area is 219 Å². The number of carboxylic acid groups (broad SMARTS) is 1. The van der Waals surface area contributed by atoms with Gasteiger partial charge in [0, 0.05) is 18.1 Å². The van der Waals surface area contributed by atoms with Crippen LogP contribution in [0.4, 0.5) is 32.0 Å². The average Bonchev–Trinajstić information content (AvgIpc) is 2.84. The molecule has 1 aliphatic heterocycles. The first-order valence-electron chi connectivity index (χ1n) is 11.4. The fourth-order valence-corrected chi connectivity index (χ4v) is 5.74. The van der Waals surface area contributed by atoms with Crippen LogP contribution in [0.1, 0.15) is 25.8 Å². The molecule has 0 saturated carbocycles. The van der Waals surface area contributed by atoms with Crippen molar-refractivity contribution >= 4 is 21.7 Å². The Morgan fingerprint density at radius 3 is 2.38 bits per heavy atom. The Balaban J connectivity index is 1.87. The van der Waals surface area contributed by atoms with Crippen molar-refractivity contribution in [3.05, 3.63) is 77.6 Å². The van der Waals surface area contributed by atoms with Crippen molar-refractivity contribution in [2.45, 2.75) is 37.4 Å². The fourth-order valence-electron chi connectivity index (χ4n) is 4.20. The van der Waals surface area contributed by atoms with Crippen LogP contribution in [0, 0.1) is 22.9 Å². The van der Waals surface area contributed by atoms with Gasteiger partial charge in [-0.1, -0.05) is 12.1 Å². The quantitative estimate of drug-likeness (QED) is 0.279. The van der Waals surface area contributed by atoms with Crippen molar-refractivity contribution in [2.75, 3.05) is 10.8 Å². The zero-order valence-electron chi connectivity index (χ0n) is 20.4. The number of anilines is 1. The summed E-state index contributed by atoms with van der Waals surface area (Å²) in [7, 11) is -4.73. The van der Waals surface area contributed by atoms with E-state index in [-0.39, 0.29) is 23.4 Å². The lowest BCUT2D eigenvalue weighted by molar-refractivity contribution is -0.148. The number of fused-ring (bicyclic) bond motifs is 1. The first-order valence-corrected chi connectivity index (χ1v) is 12.8. The van der Waals surface area contributed by atoms with E-state index in [1.807, 2.05) is 0 Å². The van der Waals surface area contributed by atoms with Crippen LogP contribution in [0.2, 0.25) is 0 Å². The molecular weight excluding hydrogens is 552 g/mol. The summed E-state index contributed by atoms with van der Waals surface area (Å²) < 4.78 is 116. The second kappa shape index (κ2) is 9.78. The van der Waals surface area contributed by atoms with E-state index in [0.29, 0.717) is 24.3 Å². The molecule has 3 aromatic carbocycles. The molecule has 13 heteroatoms. The number of ether oxygens (including phenoxy) is 1. The largest absolute Gasteiger partial charge is 0.486 e. The molecule has 0 fully saturated rings. The second-order valence-electron chi connectivity index (χ2n) is 9.63. The van der Waals surface area contributed by atoms with Crippen LogP contribution < -0.4 is 9.04 Å². The molecule has 0 unspecified atom stereocenters. The van der Waals surface area contributed by atoms with E-state index >= 15 is 0 Å². The molecule has 1 aliphatic rings. The number of carbonyl (C=O) groups is 1. The maximum atomic E-state index is 14.5. The molecule has 208 valence electrons.